The molecule has 0 saturated heterocycles. The van der Waals surface area contributed by atoms with Crippen LogP contribution in [0, 0.1) is 20.8 Å². The molecule has 0 aliphatic rings. The summed E-state index contributed by atoms with van der Waals surface area (Å²) in [5.74, 6) is -1.00. The molecule has 0 aliphatic carbocycles. The van der Waals surface area contributed by atoms with Crippen LogP contribution in [0.15, 0.2) is 46.3 Å². The van der Waals surface area contributed by atoms with Gasteiger partial charge >= 0.3 is 5.97 Å². The second-order valence-corrected chi connectivity index (χ2v) is 10.8. The lowest BCUT2D eigenvalue weighted by atomic mass is 10.1. The van der Waals surface area contributed by atoms with Crippen LogP contribution in [0.1, 0.15) is 29.5 Å². The van der Waals surface area contributed by atoms with Gasteiger partial charge in [-0.1, -0.05) is 35.1 Å². The summed E-state index contributed by atoms with van der Waals surface area (Å²) in [5, 5.41) is 0. The molecule has 2 aromatic carbocycles. The van der Waals surface area contributed by atoms with Crippen LogP contribution in [0.3, 0.4) is 0 Å². The summed E-state index contributed by atoms with van der Waals surface area (Å²) in [7, 11) is -2.15. The van der Waals surface area contributed by atoms with Crippen molar-refractivity contribution in [3.05, 3.63) is 57.9 Å². The number of rotatable bonds is 7. The van der Waals surface area contributed by atoms with Crippen LogP contribution in [-0.2, 0) is 30.7 Å². The van der Waals surface area contributed by atoms with E-state index < -0.39 is 21.7 Å². The molecular formula is C23H26N2O5S2. The number of ether oxygens (including phenoxy) is 1. The third-order valence-corrected chi connectivity index (χ3v) is 8.08. The van der Waals surface area contributed by atoms with Crippen molar-refractivity contribution >= 4 is 43.3 Å². The minimum Gasteiger partial charge on any atom is -0.468 e. The van der Waals surface area contributed by atoms with E-state index >= 15 is 0 Å². The minimum atomic E-state index is -3.46. The molecule has 0 aliphatic heterocycles. The van der Waals surface area contributed by atoms with Crippen LogP contribution in [0.2, 0.25) is 0 Å². The Balaban J connectivity index is 1.82. The Bertz CT molecular complexity index is 1330. The van der Waals surface area contributed by atoms with Gasteiger partial charge in [-0.15, -0.1) is 0 Å². The van der Waals surface area contributed by atoms with Crippen molar-refractivity contribution in [2.75, 3.05) is 12.9 Å². The zero-order valence-corrected chi connectivity index (χ0v) is 20.2. The average molecular weight is 475 g/mol. The first-order chi connectivity index (χ1) is 15.1. The van der Waals surface area contributed by atoms with Gasteiger partial charge in [0, 0.05) is 6.42 Å². The maximum absolute atomic E-state index is 12.5. The lowest BCUT2D eigenvalue weighted by Gasteiger charge is -2.05. The predicted molar refractivity (Wildman–Crippen MR) is 124 cm³/mol. The first-order valence-corrected chi connectivity index (χ1v) is 12.6. The van der Waals surface area contributed by atoms with Crippen molar-refractivity contribution in [1.29, 1.82) is 0 Å². The van der Waals surface area contributed by atoms with E-state index in [0.29, 0.717) is 4.80 Å². The van der Waals surface area contributed by atoms with Crippen LogP contribution >= 0.6 is 11.3 Å². The molecule has 7 nitrogen and oxygen atoms in total. The zero-order valence-electron chi connectivity index (χ0n) is 18.5. The van der Waals surface area contributed by atoms with Gasteiger partial charge in [-0.3, -0.25) is 9.59 Å². The number of hydrogen-bond acceptors (Lipinski definition) is 6. The number of carbonyl (C=O) groups is 2. The summed E-state index contributed by atoms with van der Waals surface area (Å²) < 4.78 is 32.4. The molecule has 0 fully saturated rings. The minimum absolute atomic E-state index is 0.00439. The quantitative estimate of drug-likeness (QED) is 0.489. The van der Waals surface area contributed by atoms with E-state index in [1.807, 2.05) is 32.9 Å². The van der Waals surface area contributed by atoms with Gasteiger partial charge in [-0.05, 0) is 56.5 Å². The highest BCUT2D eigenvalue weighted by Gasteiger charge is 2.16. The van der Waals surface area contributed by atoms with Crippen LogP contribution in [0.5, 0.6) is 0 Å². The number of methoxy groups -OCH3 is 1. The molecule has 3 rings (SSSR count). The first kappa shape index (κ1) is 23.9. The molecule has 0 bridgehead atoms. The molecule has 0 spiro atoms. The van der Waals surface area contributed by atoms with E-state index in [2.05, 4.69) is 4.99 Å². The molecule has 1 heterocycles. The van der Waals surface area contributed by atoms with Gasteiger partial charge in [0.05, 0.1) is 28.0 Å². The third kappa shape index (κ3) is 5.52. The van der Waals surface area contributed by atoms with E-state index in [9.17, 15) is 18.0 Å². The Morgan fingerprint density at radius 3 is 2.41 bits per heavy atom. The molecule has 3 aromatic rings. The molecule has 0 radical (unpaired) electrons. The van der Waals surface area contributed by atoms with Crippen molar-refractivity contribution in [2.24, 2.45) is 4.99 Å². The number of aryl methyl sites for hydroxylation is 3. The maximum atomic E-state index is 12.5. The van der Waals surface area contributed by atoms with Gasteiger partial charge in [0.15, 0.2) is 14.6 Å². The number of fused-ring (bicyclic) bond motifs is 1. The summed E-state index contributed by atoms with van der Waals surface area (Å²) in [4.78, 5) is 29.3. The molecule has 170 valence electrons. The maximum Gasteiger partial charge on any atom is 0.325 e. The Kier molecular flexibility index (Phi) is 7.30. The van der Waals surface area contributed by atoms with Crippen molar-refractivity contribution in [3.8, 4) is 0 Å². The summed E-state index contributed by atoms with van der Waals surface area (Å²) in [5.41, 5.74) is 3.85. The number of nitrogens with zero attached hydrogens (tertiary/aromatic N) is 2. The normalized spacial score (nSPS) is 12.3. The highest BCUT2D eigenvalue weighted by Crippen LogP contribution is 2.23. The molecule has 1 amide bonds. The molecule has 0 N–H and O–H groups in total. The number of carbonyl (C=O) groups excluding carboxylic acids is 2. The summed E-state index contributed by atoms with van der Waals surface area (Å²) in [6, 6.07) is 10.6. The van der Waals surface area contributed by atoms with Crippen molar-refractivity contribution < 1.29 is 22.7 Å². The molecule has 9 heteroatoms. The lowest BCUT2D eigenvalue weighted by Crippen LogP contribution is -2.22. The Labute approximate surface area is 191 Å². The number of amides is 1. The fourth-order valence-electron chi connectivity index (χ4n) is 3.38. The van der Waals surface area contributed by atoms with Crippen molar-refractivity contribution in [3.63, 3.8) is 0 Å². The number of hydrogen-bond donors (Lipinski definition) is 0. The Morgan fingerprint density at radius 1 is 1.06 bits per heavy atom. The number of esters is 1. The van der Waals surface area contributed by atoms with Gasteiger partial charge in [-0.25, -0.2) is 8.42 Å². The van der Waals surface area contributed by atoms with E-state index in [1.165, 1.54) is 18.4 Å². The second-order valence-electron chi connectivity index (χ2n) is 7.72. The fourth-order valence-corrected chi connectivity index (χ4v) is 5.79. The van der Waals surface area contributed by atoms with E-state index in [4.69, 9.17) is 4.74 Å². The second kappa shape index (κ2) is 9.79. The summed E-state index contributed by atoms with van der Waals surface area (Å²) >= 11 is 1.33. The molecule has 0 saturated carbocycles. The first-order valence-electron chi connectivity index (χ1n) is 10.1. The SMILES string of the molecule is COC(=O)Cn1c(=NC(=O)CCCS(=O)(=O)c2ccc(C)cc2)sc2c(C)cc(C)cc21. The number of aromatic nitrogens is 1. The third-order valence-electron chi connectivity index (χ3n) is 5.03. The van der Waals surface area contributed by atoms with Gasteiger partial charge in [0.1, 0.15) is 6.54 Å². The van der Waals surface area contributed by atoms with Crippen molar-refractivity contribution in [1.82, 2.24) is 4.57 Å². The van der Waals surface area contributed by atoms with Crippen LogP contribution < -0.4 is 4.80 Å². The number of benzene rings is 2. The highest BCUT2D eigenvalue weighted by atomic mass is 32.2. The molecule has 32 heavy (non-hydrogen) atoms. The van der Waals surface area contributed by atoms with Crippen LogP contribution in [0.25, 0.3) is 10.2 Å². The van der Waals surface area contributed by atoms with E-state index in [1.54, 1.807) is 28.8 Å². The zero-order chi connectivity index (χ0) is 23.5. The van der Waals surface area contributed by atoms with Crippen LogP contribution in [0.4, 0.5) is 0 Å². The number of sulfone groups is 1. The molecule has 1 aromatic heterocycles. The van der Waals surface area contributed by atoms with Crippen molar-refractivity contribution in [2.45, 2.75) is 45.1 Å². The molecular weight excluding hydrogens is 448 g/mol. The van der Waals surface area contributed by atoms with Gasteiger partial charge in [-0.2, -0.15) is 4.99 Å². The summed E-state index contributed by atoms with van der Waals surface area (Å²) in [6.07, 6.45) is 0.161. The van der Waals surface area contributed by atoms with Gasteiger partial charge in [0.2, 0.25) is 5.91 Å². The fraction of sp³-hybridized carbons (Fsp3) is 0.348. The standard InChI is InChI=1S/C23H26N2O5S2/c1-15-7-9-18(10-8-15)32(28,29)11-5-6-20(26)24-23-25(14-21(27)30-4)19-13-16(2)12-17(3)22(19)31-23/h7-10,12-13H,5-6,11,14H2,1-4H3. The van der Waals surface area contributed by atoms with E-state index in [0.717, 1.165) is 26.9 Å². The number of thiazole rings is 1. The summed E-state index contributed by atoms with van der Waals surface area (Å²) in [6.45, 7) is 5.76. The van der Waals surface area contributed by atoms with E-state index in [-0.39, 0.29) is 30.0 Å². The Hall–Kier alpha value is -2.78. The monoisotopic (exact) mass is 474 g/mol. The van der Waals surface area contributed by atoms with Gasteiger partial charge in [0.25, 0.3) is 0 Å². The Morgan fingerprint density at radius 2 is 1.75 bits per heavy atom. The lowest BCUT2D eigenvalue weighted by molar-refractivity contribution is -0.141. The largest absolute Gasteiger partial charge is 0.468 e. The van der Waals surface area contributed by atoms with Crippen LogP contribution in [-0.4, -0.2) is 37.7 Å². The smallest absolute Gasteiger partial charge is 0.325 e. The highest BCUT2D eigenvalue weighted by molar-refractivity contribution is 7.91. The predicted octanol–water partition coefficient (Wildman–Crippen LogP) is 3.48. The molecule has 0 unspecified atom stereocenters. The molecule has 0 atom stereocenters. The topological polar surface area (TPSA) is 94.8 Å². The van der Waals surface area contributed by atoms with Gasteiger partial charge < -0.3 is 9.30 Å². The average Bonchev–Trinajstić information content (AvgIpc) is 3.05.